The number of anilines is 1. The van der Waals surface area contributed by atoms with Gasteiger partial charge in [0.1, 0.15) is 35.3 Å². The van der Waals surface area contributed by atoms with Crippen LogP contribution in [0.3, 0.4) is 0 Å². The molecule has 0 aliphatic carbocycles. The third kappa shape index (κ3) is 10.5. The maximum atomic E-state index is 14.8. The standard InChI is InChI=1S/C46H51N5O9S/c1-28-16-15-21-34(41(52)50-61(56,57)32-19-13-10-14-20-32)39(28)48-42(53)37-25-31(27-51(37)43(54)40(45(2,3)4)49-44(55)60-46(5,6)7)59-38-26-35(29-17-11-9-12-18-29)47-36-24-30(58-8)22-23-33(36)38/h9-24,26,31,37,40H,25,27H2,1-8H3,(H,48,53)(H,49,55)(H,50,52)/t31-,37-,40-/m1/s1. The van der Waals surface area contributed by atoms with Crippen molar-refractivity contribution in [3.8, 4) is 22.8 Å². The van der Waals surface area contributed by atoms with E-state index in [9.17, 15) is 27.6 Å². The smallest absolute Gasteiger partial charge is 0.408 e. The van der Waals surface area contributed by atoms with Gasteiger partial charge in [0.15, 0.2) is 0 Å². The predicted molar refractivity (Wildman–Crippen MR) is 232 cm³/mol. The maximum absolute atomic E-state index is 14.8. The molecule has 2 heterocycles. The molecule has 0 bridgehead atoms. The quantitative estimate of drug-likeness (QED) is 0.122. The Kier molecular flexibility index (Phi) is 12.7. The molecule has 1 fully saturated rings. The third-order valence-corrected chi connectivity index (χ3v) is 11.4. The first-order chi connectivity index (χ1) is 28.7. The lowest BCUT2D eigenvalue weighted by Crippen LogP contribution is -2.57. The number of likely N-dealkylation sites (tertiary alicyclic amines) is 1. The molecule has 0 saturated carbocycles. The minimum absolute atomic E-state index is 0.0112. The number of benzene rings is 4. The van der Waals surface area contributed by atoms with Gasteiger partial charge in [-0.05, 0) is 69.0 Å². The van der Waals surface area contributed by atoms with Gasteiger partial charge in [0.2, 0.25) is 11.8 Å². The minimum Gasteiger partial charge on any atom is -0.497 e. The molecule has 6 rings (SSSR count). The number of rotatable bonds is 11. The van der Waals surface area contributed by atoms with Crippen molar-refractivity contribution in [1.82, 2.24) is 19.9 Å². The van der Waals surface area contributed by atoms with E-state index in [0.717, 1.165) is 5.56 Å². The maximum Gasteiger partial charge on any atom is 0.408 e. The van der Waals surface area contributed by atoms with Crippen LogP contribution >= 0.6 is 0 Å². The van der Waals surface area contributed by atoms with Crippen molar-refractivity contribution >= 4 is 50.4 Å². The molecule has 0 radical (unpaired) electrons. The van der Waals surface area contributed by atoms with Crippen molar-refractivity contribution < 1.29 is 41.8 Å². The first-order valence-electron chi connectivity index (χ1n) is 19.8. The van der Waals surface area contributed by atoms with E-state index in [0.29, 0.717) is 33.7 Å². The number of pyridine rings is 1. The molecule has 3 atom stereocenters. The van der Waals surface area contributed by atoms with Crippen LogP contribution in [0.4, 0.5) is 10.5 Å². The number of hydrogen-bond acceptors (Lipinski definition) is 10. The van der Waals surface area contributed by atoms with Gasteiger partial charge in [0, 0.05) is 29.5 Å². The second kappa shape index (κ2) is 17.6. The van der Waals surface area contributed by atoms with Gasteiger partial charge < -0.3 is 29.7 Å². The van der Waals surface area contributed by atoms with Crippen LogP contribution in [0, 0.1) is 12.3 Å². The Morgan fingerprint density at radius 3 is 2.16 bits per heavy atom. The molecule has 0 spiro atoms. The molecular formula is C46H51N5O9S. The number of carbonyl (C=O) groups is 4. The predicted octanol–water partition coefficient (Wildman–Crippen LogP) is 7.26. The summed E-state index contributed by atoms with van der Waals surface area (Å²) in [6, 6.07) is 26.5. The van der Waals surface area contributed by atoms with E-state index in [1.54, 1.807) is 85.9 Å². The fourth-order valence-electron chi connectivity index (χ4n) is 7.02. The van der Waals surface area contributed by atoms with Crippen LogP contribution in [0.1, 0.15) is 63.9 Å². The molecule has 1 aliphatic heterocycles. The summed E-state index contributed by atoms with van der Waals surface area (Å²) >= 11 is 0. The molecule has 61 heavy (non-hydrogen) atoms. The number of carbonyl (C=O) groups excluding carboxylic acids is 4. The lowest BCUT2D eigenvalue weighted by molar-refractivity contribution is -0.140. The van der Waals surface area contributed by atoms with E-state index < -0.39 is 63.0 Å². The normalized spacial score (nSPS) is 16.0. The molecule has 14 nitrogen and oxygen atoms in total. The van der Waals surface area contributed by atoms with Crippen LogP contribution in [0.25, 0.3) is 22.2 Å². The summed E-state index contributed by atoms with van der Waals surface area (Å²) in [5, 5.41) is 6.25. The highest BCUT2D eigenvalue weighted by Gasteiger charge is 2.46. The molecule has 1 aromatic heterocycles. The number of nitrogens with zero attached hydrogens (tertiary/aromatic N) is 2. The summed E-state index contributed by atoms with van der Waals surface area (Å²) in [7, 11) is -2.70. The van der Waals surface area contributed by atoms with Gasteiger partial charge in [-0.1, -0.05) is 81.4 Å². The fourth-order valence-corrected chi connectivity index (χ4v) is 8.00. The minimum atomic E-state index is -4.26. The molecular weight excluding hydrogens is 799 g/mol. The third-order valence-electron chi connectivity index (χ3n) is 10.0. The number of aryl methyl sites for hydroxylation is 1. The summed E-state index contributed by atoms with van der Waals surface area (Å²) in [6.45, 7) is 12.1. The van der Waals surface area contributed by atoms with Crippen molar-refractivity contribution in [2.75, 3.05) is 19.0 Å². The molecule has 1 saturated heterocycles. The second-order valence-corrected chi connectivity index (χ2v) is 18.6. The molecule has 4 aromatic carbocycles. The zero-order chi connectivity index (χ0) is 44.3. The number of sulfonamides is 1. The van der Waals surface area contributed by atoms with Gasteiger partial charge in [-0.25, -0.2) is 22.9 Å². The number of nitrogens with one attached hydrogen (secondary N) is 3. The average molecular weight is 850 g/mol. The van der Waals surface area contributed by atoms with Gasteiger partial charge in [0.05, 0.1) is 41.0 Å². The molecule has 5 aromatic rings. The fraction of sp³-hybridized carbons (Fsp3) is 0.326. The van der Waals surface area contributed by atoms with Gasteiger partial charge >= 0.3 is 6.09 Å². The van der Waals surface area contributed by atoms with Crippen LogP contribution in [0.5, 0.6) is 11.5 Å². The number of aromatic nitrogens is 1. The summed E-state index contributed by atoms with van der Waals surface area (Å²) in [4.78, 5) is 62.3. The number of ether oxygens (including phenoxy) is 3. The summed E-state index contributed by atoms with van der Waals surface area (Å²) in [6.07, 6.45) is -1.53. The van der Waals surface area contributed by atoms with Gasteiger partial charge in [-0.15, -0.1) is 0 Å². The largest absolute Gasteiger partial charge is 0.497 e. The highest BCUT2D eigenvalue weighted by atomic mass is 32.2. The van der Waals surface area contributed by atoms with Crippen molar-refractivity contribution in [3.05, 3.63) is 114 Å². The Morgan fingerprint density at radius 2 is 1.52 bits per heavy atom. The second-order valence-electron chi connectivity index (χ2n) is 16.9. The molecule has 4 amide bonds. The molecule has 320 valence electrons. The molecule has 0 unspecified atom stereocenters. The summed E-state index contributed by atoms with van der Waals surface area (Å²) in [5.74, 6) is -1.13. The lowest BCUT2D eigenvalue weighted by atomic mass is 9.85. The Bertz CT molecular complexity index is 2550. The van der Waals surface area contributed by atoms with Crippen molar-refractivity contribution in [3.63, 3.8) is 0 Å². The summed E-state index contributed by atoms with van der Waals surface area (Å²) < 4.78 is 46.1. The number of amides is 4. The van der Waals surface area contributed by atoms with Crippen LogP contribution in [-0.2, 0) is 24.3 Å². The van der Waals surface area contributed by atoms with E-state index in [1.165, 1.54) is 35.2 Å². The average Bonchev–Trinajstić information content (AvgIpc) is 3.63. The monoisotopic (exact) mass is 849 g/mol. The molecule has 3 N–H and O–H groups in total. The van der Waals surface area contributed by atoms with Crippen molar-refractivity contribution in [2.45, 2.75) is 83.6 Å². The van der Waals surface area contributed by atoms with Gasteiger partial charge in [-0.3, -0.25) is 14.4 Å². The number of hydrogen-bond donors (Lipinski definition) is 3. The number of fused-ring (bicyclic) bond motifs is 1. The number of methoxy groups -OCH3 is 1. The Balaban J connectivity index is 1.37. The van der Waals surface area contributed by atoms with E-state index in [4.69, 9.17) is 19.2 Å². The van der Waals surface area contributed by atoms with Gasteiger partial charge in [0.25, 0.3) is 15.9 Å². The topological polar surface area (TPSA) is 182 Å². The number of para-hydroxylation sites is 1. The first kappa shape index (κ1) is 44.1. The van der Waals surface area contributed by atoms with Crippen LogP contribution < -0.4 is 24.8 Å². The highest BCUT2D eigenvalue weighted by molar-refractivity contribution is 7.90. The molecule has 1 aliphatic rings. The van der Waals surface area contributed by atoms with Crippen LogP contribution in [0.15, 0.2) is 108 Å². The van der Waals surface area contributed by atoms with Gasteiger partial charge in [-0.2, -0.15) is 0 Å². The first-order valence-corrected chi connectivity index (χ1v) is 21.3. The number of alkyl carbamates (subject to hydrolysis) is 1. The molecule has 15 heteroatoms. The summed E-state index contributed by atoms with van der Waals surface area (Å²) in [5.41, 5.74) is 0.800. The lowest BCUT2D eigenvalue weighted by Gasteiger charge is -2.35. The Labute approximate surface area is 356 Å². The SMILES string of the molecule is COc1ccc2c(O[C@@H]3C[C@H](C(=O)Nc4c(C)cccc4C(=O)NS(=O)(=O)c4ccccc4)N(C(=O)[C@@H](NC(=O)OC(C)(C)C)C(C)(C)C)C3)cc(-c3ccccc3)nc2c1. The van der Waals surface area contributed by atoms with Crippen LogP contribution in [0.2, 0.25) is 0 Å². The van der Waals surface area contributed by atoms with E-state index in [2.05, 4.69) is 15.4 Å². The Hall–Kier alpha value is -6.48. The highest BCUT2D eigenvalue weighted by Crippen LogP contribution is 2.36. The van der Waals surface area contributed by atoms with Crippen molar-refractivity contribution in [1.29, 1.82) is 0 Å². The Morgan fingerprint density at radius 1 is 0.852 bits per heavy atom. The van der Waals surface area contributed by atoms with Crippen molar-refractivity contribution in [2.24, 2.45) is 5.41 Å². The zero-order valence-electron chi connectivity index (χ0n) is 35.4. The van der Waals surface area contributed by atoms with E-state index >= 15 is 0 Å². The van der Waals surface area contributed by atoms with E-state index in [1.807, 2.05) is 42.5 Å². The van der Waals surface area contributed by atoms with Crippen LogP contribution in [-0.4, -0.2) is 79.6 Å². The zero-order valence-corrected chi connectivity index (χ0v) is 36.3. The van der Waals surface area contributed by atoms with E-state index in [-0.39, 0.29) is 29.1 Å².